The Morgan fingerprint density at radius 3 is 2.45 bits per heavy atom. The van der Waals surface area contributed by atoms with Crippen molar-refractivity contribution in [2.24, 2.45) is 5.92 Å². The molecule has 1 aromatic heterocycles. The molecule has 1 heterocycles. The smallest absolute Gasteiger partial charge is 0.274 e. The van der Waals surface area contributed by atoms with Gasteiger partial charge < -0.3 is 19.9 Å². The molecule has 0 radical (unpaired) electrons. The van der Waals surface area contributed by atoms with Crippen molar-refractivity contribution in [1.29, 1.82) is 0 Å². The minimum Gasteiger partial charge on any atom is -0.447 e. The molecule has 0 unspecified atom stereocenters. The number of rotatable bonds is 9. The zero-order chi connectivity index (χ0) is 15.2. The number of sulfonamides is 1. The first-order valence-electron chi connectivity index (χ1n) is 6.42. The summed E-state index contributed by atoms with van der Waals surface area (Å²) in [6.45, 7) is 4.41. The van der Waals surface area contributed by atoms with Crippen LogP contribution in [0.4, 0.5) is 0 Å². The van der Waals surface area contributed by atoms with Gasteiger partial charge in [0, 0.05) is 0 Å². The van der Waals surface area contributed by atoms with E-state index in [0.29, 0.717) is 18.2 Å². The van der Waals surface area contributed by atoms with E-state index in [4.69, 9.17) is 14.6 Å². The predicted molar refractivity (Wildman–Crippen MR) is 73.5 cm³/mol. The number of aliphatic hydroxyl groups is 2. The van der Waals surface area contributed by atoms with Gasteiger partial charge in [0.2, 0.25) is 5.09 Å². The number of nitrogens with one attached hydrogen (secondary N) is 2. The van der Waals surface area contributed by atoms with Gasteiger partial charge in [-0.3, -0.25) is 0 Å². The minimum atomic E-state index is -3.87. The Bertz CT molecular complexity index is 494. The Kier molecular flexibility index (Phi) is 6.63. The largest absolute Gasteiger partial charge is 0.447 e. The van der Waals surface area contributed by atoms with Crippen molar-refractivity contribution in [2.45, 2.75) is 31.5 Å². The van der Waals surface area contributed by atoms with Crippen molar-refractivity contribution >= 4 is 10.0 Å². The highest BCUT2D eigenvalue weighted by molar-refractivity contribution is 7.89. The van der Waals surface area contributed by atoms with Crippen LogP contribution in [-0.2, 0) is 16.6 Å². The Morgan fingerprint density at radius 1 is 1.25 bits per heavy atom. The standard InChI is InChI=1S/C12H22N2O5S/c1-9(2)5-13-6-11-3-4-12(19-11)20(17,18)14-10(7-15)8-16/h3-4,9-10,13-16H,5-8H2,1-2H3. The maximum atomic E-state index is 11.9. The molecular weight excluding hydrogens is 284 g/mol. The minimum absolute atomic E-state index is 0.231. The van der Waals surface area contributed by atoms with Crippen molar-refractivity contribution in [2.75, 3.05) is 19.8 Å². The molecule has 0 aromatic carbocycles. The van der Waals surface area contributed by atoms with Gasteiger partial charge in [-0.15, -0.1) is 0 Å². The lowest BCUT2D eigenvalue weighted by molar-refractivity contribution is 0.184. The molecule has 0 aliphatic carbocycles. The first-order valence-corrected chi connectivity index (χ1v) is 7.90. The zero-order valence-corrected chi connectivity index (χ0v) is 12.5. The third-order valence-electron chi connectivity index (χ3n) is 2.52. The van der Waals surface area contributed by atoms with Crippen molar-refractivity contribution < 1.29 is 23.0 Å². The number of aliphatic hydroxyl groups excluding tert-OH is 2. The van der Waals surface area contributed by atoms with Crippen LogP contribution >= 0.6 is 0 Å². The van der Waals surface area contributed by atoms with E-state index in [0.717, 1.165) is 6.54 Å². The predicted octanol–water partition coefficient (Wildman–Crippen LogP) is -0.343. The molecule has 4 N–H and O–H groups in total. The van der Waals surface area contributed by atoms with Crippen LogP contribution < -0.4 is 10.0 Å². The molecule has 0 spiro atoms. The molecule has 0 bridgehead atoms. The quantitative estimate of drug-likeness (QED) is 0.496. The lowest BCUT2D eigenvalue weighted by atomic mass is 10.2. The summed E-state index contributed by atoms with van der Waals surface area (Å²) in [7, 11) is -3.87. The van der Waals surface area contributed by atoms with Crippen LogP contribution in [0.5, 0.6) is 0 Å². The number of hydrogen-bond acceptors (Lipinski definition) is 6. The Labute approximate surface area is 119 Å². The Hall–Kier alpha value is -0.930. The molecule has 0 saturated heterocycles. The second-order valence-corrected chi connectivity index (χ2v) is 6.57. The lowest BCUT2D eigenvalue weighted by Gasteiger charge is -2.12. The summed E-state index contributed by atoms with van der Waals surface area (Å²) in [5.41, 5.74) is 0. The lowest BCUT2D eigenvalue weighted by Crippen LogP contribution is -2.39. The zero-order valence-electron chi connectivity index (χ0n) is 11.7. The van der Waals surface area contributed by atoms with Gasteiger partial charge in [0.1, 0.15) is 5.76 Å². The fourth-order valence-electron chi connectivity index (χ4n) is 1.49. The SMILES string of the molecule is CC(C)CNCc1ccc(S(=O)(=O)NC(CO)CO)o1. The van der Waals surface area contributed by atoms with Crippen LogP contribution in [0.15, 0.2) is 21.6 Å². The second kappa shape index (κ2) is 7.75. The van der Waals surface area contributed by atoms with Gasteiger partial charge in [0.05, 0.1) is 25.8 Å². The number of furan rings is 1. The molecule has 0 aliphatic rings. The van der Waals surface area contributed by atoms with Crippen LogP contribution in [0.2, 0.25) is 0 Å². The summed E-state index contributed by atoms with van der Waals surface area (Å²) in [5, 5.41) is 20.7. The summed E-state index contributed by atoms with van der Waals surface area (Å²) in [4.78, 5) is 0. The molecule has 7 nitrogen and oxygen atoms in total. The van der Waals surface area contributed by atoms with Crippen molar-refractivity contribution in [3.63, 3.8) is 0 Å². The maximum absolute atomic E-state index is 11.9. The van der Waals surface area contributed by atoms with E-state index in [1.54, 1.807) is 6.07 Å². The molecule has 1 aromatic rings. The molecule has 116 valence electrons. The summed E-state index contributed by atoms with van der Waals surface area (Å²) in [5.74, 6) is 1.00. The topological polar surface area (TPSA) is 112 Å². The van der Waals surface area contributed by atoms with Gasteiger partial charge in [0.15, 0.2) is 0 Å². The average molecular weight is 306 g/mol. The molecule has 20 heavy (non-hydrogen) atoms. The van der Waals surface area contributed by atoms with Gasteiger partial charge in [-0.2, -0.15) is 0 Å². The molecule has 0 saturated carbocycles. The highest BCUT2D eigenvalue weighted by Crippen LogP contribution is 2.14. The third kappa shape index (κ3) is 5.22. The van der Waals surface area contributed by atoms with Crippen LogP contribution in [0.1, 0.15) is 19.6 Å². The Morgan fingerprint density at radius 2 is 1.90 bits per heavy atom. The van der Waals surface area contributed by atoms with Crippen molar-refractivity contribution in [1.82, 2.24) is 10.0 Å². The number of hydrogen-bond donors (Lipinski definition) is 4. The van der Waals surface area contributed by atoms with E-state index in [-0.39, 0.29) is 5.09 Å². The Balaban J connectivity index is 2.65. The molecule has 0 amide bonds. The summed E-state index contributed by atoms with van der Waals surface area (Å²) >= 11 is 0. The average Bonchev–Trinajstić information content (AvgIpc) is 2.85. The second-order valence-electron chi connectivity index (χ2n) is 4.93. The molecule has 0 aliphatic heterocycles. The third-order valence-corrected chi connectivity index (χ3v) is 3.91. The fraction of sp³-hybridized carbons (Fsp3) is 0.667. The highest BCUT2D eigenvalue weighted by Gasteiger charge is 2.22. The highest BCUT2D eigenvalue weighted by atomic mass is 32.2. The van der Waals surface area contributed by atoms with Crippen LogP contribution in [-0.4, -0.2) is 44.4 Å². The summed E-state index contributed by atoms with van der Waals surface area (Å²) in [6.07, 6.45) is 0. The van der Waals surface area contributed by atoms with Crippen molar-refractivity contribution in [3.8, 4) is 0 Å². The van der Waals surface area contributed by atoms with Gasteiger partial charge >= 0.3 is 0 Å². The van der Waals surface area contributed by atoms with E-state index >= 15 is 0 Å². The van der Waals surface area contributed by atoms with E-state index in [1.165, 1.54) is 6.07 Å². The van der Waals surface area contributed by atoms with Crippen molar-refractivity contribution in [3.05, 3.63) is 17.9 Å². The molecule has 0 fully saturated rings. The van der Waals surface area contributed by atoms with Gasteiger partial charge in [-0.1, -0.05) is 13.8 Å². The molecule has 8 heteroatoms. The van der Waals surface area contributed by atoms with E-state index in [1.807, 2.05) is 0 Å². The normalized spacial score (nSPS) is 12.5. The maximum Gasteiger partial charge on any atom is 0.274 e. The van der Waals surface area contributed by atoms with Crippen LogP contribution in [0.3, 0.4) is 0 Å². The van der Waals surface area contributed by atoms with Crippen LogP contribution in [0.25, 0.3) is 0 Å². The van der Waals surface area contributed by atoms with Crippen LogP contribution in [0, 0.1) is 5.92 Å². The fourth-order valence-corrected chi connectivity index (χ4v) is 2.66. The molecule has 0 atom stereocenters. The van der Waals surface area contributed by atoms with Gasteiger partial charge in [0.25, 0.3) is 10.0 Å². The summed E-state index contributed by atoms with van der Waals surface area (Å²) in [6, 6.07) is 1.99. The van der Waals surface area contributed by atoms with E-state index < -0.39 is 29.3 Å². The van der Waals surface area contributed by atoms with Gasteiger partial charge in [-0.05, 0) is 24.6 Å². The first-order chi connectivity index (χ1) is 9.39. The molecule has 1 rings (SSSR count). The van der Waals surface area contributed by atoms with E-state index in [2.05, 4.69) is 23.9 Å². The molecular formula is C12H22N2O5S. The first kappa shape index (κ1) is 17.1. The summed E-state index contributed by atoms with van der Waals surface area (Å²) < 4.78 is 31.2. The monoisotopic (exact) mass is 306 g/mol. The van der Waals surface area contributed by atoms with Gasteiger partial charge in [-0.25, -0.2) is 13.1 Å². The van der Waals surface area contributed by atoms with E-state index in [9.17, 15) is 8.42 Å².